The lowest BCUT2D eigenvalue weighted by atomic mass is 9.95. The molecule has 1 atom stereocenters. The molecule has 1 aromatic carbocycles. The van der Waals surface area contributed by atoms with Gasteiger partial charge >= 0.3 is 6.18 Å². The molecule has 0 spiro atoms. The van der Waals surface area contributed by atoms with Crippen LogP contribution in [0.25, 0.3) is 0 Å². The highest BCUT2D eigenvalue weighted by molar-refractivity contribution is 6.30. The van der Waals surface area contributed by atoms with Gasteiger partial charge in [-0.25, -0.2) is 0 Å². The predicted molar refractivity (Wildman–Crippen MR) is 58.8 cm³/mol. The second-order valence-corrected chi connectivity index (χ2v) is 3.98. The number of benzene rings is 1. The first-order valence-corrected chi connectivity index (χ1v) is 5.29. The van der Waals surface area contributed by atoms with E-state index in [9.17, 15) is 13.2 Å². The monoisotopic (exact) mass is 251 g/mol. The van der Waals surface area contributed by atoms with Gasteiger partial charge in [-0.1, -0.05) is 23.7 Å². The predicted octanol–water partition coefficient (Wildman–Crippen LogP) is 3.60. The van der Waals surface area contributed by atoms with Crippen molar-refractivity contribution in [2.24, 2.45) is 0 Å². The Morgan fingerprint density at radius 3 is 2.56 bits per heavy atom. The molecule has 1 N–H and O–H groups in total. The number of halogens is 4. The molecule has 16 heavy (non-hydrogen) atoms. The summed E-state index contributed by atoms with van der Waals surface area (Å²) in [7, 11) is 1.63. The summed E-state index contributed by atoms with van der Waals surface area (Å²) in [6.45, 7) is 0.316. The zero-order valence-electron chi connectivity index (χ0n) is 8.81. The maximum Gasteiger partial charge on any atom is 0.395 e. The van der Waals surface area contributed by atoms with Gasteiger partial charge in [0.25, 0.3) is 0 Å². The van der Waals surface area contributed by atoms with E-state index in [2.05, 4.69) is 5.32 Å². The van der Waals surface area contributed by atoms with Gasteiger partial charge in [0, 0.05) is 5.02 Å². The molecular weight excluding hydrogens is 239 g/mol. The number of hydrogen-bond donors (Lipinski definition) is 1. The van der Waals surface area contributed by atoms with Crippen LogP contribution >= 0.6 is 11.6 Å². The minimum absolute atomic E-state index is 0.0142. The lowest BCUT2D eigenvalue weighted by molar-refractivity contribution is -0.151. The van der Waals surface area contributed by atoms with Crippen LogP contribution in [-0.4, -0.2) is 19.8 Å². The number of nitrogens with one attached hydrogen (secondary N) is 1. The van der Waals surface area contributed by atoms with Gasteiger partial charge in [-0.3, -0.25) is 0 Å². The molecule has 0 aliphatic heterocycles. The average Bonchev–Trinajstić information content (AvgIpc) is 2.16. The molecule has 0 saturated carbocycles. The van der Waals surface area contributed by atoms with Crippen LogP contribution in [0.2, 0.25) is 5.02 Å². The van der Waals surface area contributed by atoms with E-state index >= 15 is 0 Å². The zero-order chi connectivity index (χ0) is 12.2. The molecule has 0 fully saturated rings. The van der Waals surface area contributed by atoms with Gasteiger partial charge < -0.3 is 5.32 Å². The summed E-state index contributed by atoms with van der Waals surface area (Å²) in [5, 5.41) is 3.05. The Morgan fingerprint density at radius 2 is 2.06 bits per heavy atom. The number of hydrogen-bond acceptors (Lipinski definition) is 1. The Labute approximate surface area is 97.6 Å². The van der Waals surface area contributed by atoms with Gasteiger partial charge in [-0.2, -0.15) is 13.2 Å². The van der Waals surface area contributed by atoms with E-state index in [1.54, 1.807) is 13.1 Å². The van der Waals surface area contributed by atoms with Crippen molar-refractivity contribution >= 4 is 11.6 Å². The van der Waals surface area contributed by atoms with Crippen molar-refractivity contribution in [3.05, 3.63) is 34.9 Å². The summed E-state index contributed by atoms with van der Waals surface area (Å²) in [6.07, 6.45) is -4.22. The maximum absolute atomic E-state index is 12.8. The molecule has 1 unspecified atom stereocenters. The van der Waals surface area contributed by atoms with E-state index in [1.165, 1.54) is 18.2 Å². The third-order valence-electron chi connectivity index (χ3n) is 2.33. The maximum atomic E-state index is 12.8. The highest BCUT2D eigenvalue weighted by atomic mass is 35.5. The molecular formula is C11H13ClF3N. The lowest BCUT2D eigenvalue weighted by Gasteiger charge is -2.20. The van der Waals surface area contributed by atoms with Gasteiger partial charge in [0.2, 0.25) is 0 Å². The normalized spacial score (nSPS) is 13.8. The fourth-order valence-corrected chi connectivity index (χ4v) is 1.73. The Balaban J connectivity index is 2.92. The molecule has 0 aromatic heterocycles. The molecule has 0 radical (unpaired) electrons. The van der Waals surface area contributed by atoms with E-state index in [-0.39, 0.29) is 12.0 Å². The van der Waals surface area contributed by atoms with Crippen molar-refractivity contribution in [2.45, 2.75) is 18.5 Å². The van der Waals surface area contributed by atoms with Gasteiger partial charge in [0.05, 0.1) is 5.92 Å². The number of alkyl halides is 3. The fourth-order valence-electron chi connectivity index (χ4n) is 1.53. The molecule has 0 amide bonds. The highest BCUT2D eigenvalue weighted by Gasteiger charge is 2.40. The summed E-state index contributed by atoms with van der Waals surface area (Å²) >= 11 is 5.69. The van der Waals surface area contributed by atoms with Crippen molar-refractivity contribution in [3.63, 3.8) is 0 Å². The Kier molecular flexibility index (Phi) is 4.62. The number of rotatable bonds is 4. The molecule has 1 aromatic rings. The molecule has 1 rings (SSSR count). The van der Waals surface area contributed by atoms with E-state index < -0.39 is 12.1 Å². The minimum atomic E-state index is -4.23. The standard InChI is InChI=1S/C11H13ClF3N/c1-16-6-5-10(11(13,14)15)8-3-2-4-9(12)7-8/h2-4,7,10,16H,5-6H2,1H3. The molecule has 5 heteroatoms. The van der Waals surface area contributed by atoms with Crippen molar-refractivity contribution in [1.82, 2.24) is 5.32 Å². The first kappa shape index (κ1) is 13.3. The van der Waals surface area contributed by atoms with E-state index in [0.717, 1.165) is 0 Å². The molecule has 1 nitrogen and oxygen atoms in total. The smallest absolute Gasteiger partial charge is 0.320 e. The largest absolute Gasteiger partial charge is 0.395 e. The minimum Gasteiger partial charge on any atom is -0.320 e. The second kappa shape index (κ2) is 5.55. The van der Waals surface area contributed by atoms with Crippen LogP contribution in [0.5, 0.6) is 0 Å². The highest BCUT2D eigenvalue weighted by Crippen LogP contribution is 2.37. The van der Waals surface area contributed by atoms with Crippen LogP contribution in [0.15, 0.2) is 24.3 Å². The molecule has 0 aliphatic rings. The summed E-state index contributed by atoms with van der Waals surface area (Å²) in [4.78, 5) is 0. The average molecular weight is 252 g/mol. The van der Waals surface area contributed by atoms with Crippen LogP contribution in [0.4, 0.5) is 13.2 Å². The van der Waals surface area contributed by atoms with Gasteiger partial charge in [-0.05, 0) is 37.7 Å². The van der Waals surface area contributed by atoms with Gasteiger partial charge in [0.1, 0.15) is 0 Å². The third kappa shape index (κ3) is 3.68. The van der Waals surface area contributed by atoms with Crippen molar-refractivity contribution in [3.8, 4) is 0 Å². The topological polar surface area (TPSA) is 12.0 Å². The van der Waals surface area contributed by atoms with Gasteiger partial charge in [0.15, 0.2) is 0 Å². The first-order chi connectivity index (χ1) is 7.45. The molecule has 0 bridgehead atoms. The summed E-state index contributed by atoms with van der Waals surface area (Å²) < 4.78 is 38.4. The second-order valence-electron chi connectivity index (χ2n) is 3.54. The molecule has 0 saturated heterocycles. The lowest BCUT2D eigenvalue weighted by Crippen LogP contribution is -2.24. The molecule has 90 valence electrons. The van der Waals surface area contributed by atoms with Crippen LogP contribution in [0.3, 0.4) is 0 Å². The van der Waals surface area contributed by atoms with Crippen LogP contribution in [0.1, 0.15) is 17.9 Å². The van der Waals surface area contributed by atoms with Crippen molar-refractivity contribution in [2.75, 3.05) is 13.6 Å². The third-order valence-corrected chi connectivity index (χ3v) is 2.56. The first-order valence-electron chi connectivity index (χ1n) is 4.92. The summed E-state index contributed by atoms with van der Waals surface area (Å²) in [5.41, 5.74) is 0.218. The van der Waals surface area contributed by atoms with Crippen molar-refractivity contribution < 1.29 is 13.2 Å². The van der Waals surface area contributed by atoms with E-state index in [4.69, 9.17) is 11.6 Å². The van der Waals surface area contributed by atoms with Crippen LogP contribution < -0.4 is 5.32 Å². The Hall–Kier alpha value is -0.740. The fraction of sp³-hybridized carbons (Fsp3) is 0.455. The quantitative estimate of drug-likeness (QED) is 0.862. The Morgan fingerprint density at radius 1 is 1.38 bits per heavy atom. The van der Waals surface area contributed by atoms with Crippen LogP contribution in [-0.2, 0) is 0 Å². The van der Waals surface area contributed by atoms with E-state index in [0.29, 0.717) is 11.6 Å². The molecule has 0 aliphatic carbocycles. The Bertz CT molecular complexity index is 338. The zero-order valence-corrected chi connectivity index (χ0v) is 9.57. The van der Waals surface area contributed by atoms with E-state index in [1.807, 2.05) is 0 Å². The van der Waals surface area contributed by atoms with Gasteiger partial charge in [-0.15, -0.1) is 0 Å². The van der Waals surface area contributed by atoms with Crippen LogP contribution in [0, 0.1) is 0 Å². The molecule has 0 heterocycles. The SMILES string of the molecule is CNCCC(c1cccc(Cl)c1)C(F)(F)F. The van der Waals surface area contributed by atoms with Crippen molar-refractivity contribution in [1.29, 1.82) is 0 Å². The summed E-state index contributed by atoms with van der Waals surface area (Å²) in [6, 6.07) is 5.93. The summed E-state index contributed by atoms with van der Waals surface area (Å²) in [5.74, 6) is -1.46.